The molecule has 1 spiro atoms. The van der Waals surface area contributed by atoms with Crippen LogP contribution in [0.25, 0.3) is 0 Å². The third kappa shape index (κ3) is 1.33. The van der Waals surface area contributed by atoms with Crippen LogP contribution in [0.3, 0.4) is 0 Å². The number of methoxy groups -OCH3 is 1. The number of hydrogen-bond acceptors (Lipinski definition) is 3. The number of carbonyl (C=O) groups excluding carboxylic acids is 1. The molecular weight excluding hydrogens is 252 g/mol. The zero-order valence-corrected chi connectivity index (χ0v) is 12.1. The van der Waals surface area contributed by atoms with Gasteiger partial charge in [-0.15, -0.1) is 0 Å². The summed E-state index contributed by atoms with van der Waals surface area (Å²) in [6, 6.07) is 4.17. The van der Waals surface area contributed by atoms with E-state index in [1.807, 2.05) is 6.07 Å². The fourth-order valence-corrected chi connectivity index (χ4v) is 4.74. The highest BCUT2D eigenvalue weighted by molar-refractivity contribution is 5.82. The molecule has 1 aromatic rings. The first-order valence-electron chi connectivity index (χ1n) is 7.55. The second-order valence-corrected chi connectivity index (χ2v) is 6.42. The van der Waals surface area contributed by atoms with Gasteiger partial charge in [0, 0.05) is 23.8 Å². The van der Waals surface area contributed by atoms with Crippen LogP contribution in [0, 0.1) is 5.92 Å². The van der Waals surface area contributed by atoms with Crippen molar-refractivity contribution in [1.29, 1.82) is 0 Å². The van der Waals surface area contributed by atoms with E-state index in [4.69, 9.17) is 9.47 Å². The van der Waals surface area contributed by atoms with Crippen molar-refractivity contribution in [3.8, 4) is 11.5 Å². The molecule has 1 fully saturated rings. The first-order valence-corrected chi connectivity index (χ1v) is 7.55. The van der Waals surface area contributed by atoms with Crippen molar-refractivity contribution in [1.82, 2.24) is 0 Å². The van der Waals surface area contributed by atoms with Crippen LogP contribution in [0.5, 0.6) is 11.5 Å². The largest absolute Gasteiger partial charge is 0.493 e. The lowest BCUT2D eigenvalue weighted by Gasteiger charge is -2.46. The quantitative estimate of drug-likeness (QED) is 0.788. The zero-order chi connectivity index (χ0) is 13.9. The van der Waals surface area contributed by atoms with Gasteiger partial charge in [0.05, 0.1) is 7.11 Å². The summed E-state index contributed by atoms with van der Waals surface area (Å²) in [5.41, 5.74) is 2.55. The Bertz CT molecular complexity index is 592. The van der Waals surface area contributed by atoms with E-state index in [1.54, 1.807) is 7.11 Å². The molecule has 3 aliphatic rings. The van der Waals surface area contributed by atoms with Gasteiger partial charge in [-0.2, -0.15) is 0 Å². The summed E-state index contributed by atoms with van der Waals surface area (Å²) in [6.07, 6.45) is 4.76. The molecule has 0 bridgehead atoms. The third-order valence-corrected chi connectivity index (χ3v) is 5.67. The third-order valence-electron chi connectivity index (χ3n) is 5.67. The maximum absolute atomic E-state index is 12.1. The van der Waals surface area contributed by atoms with Crippen molar-refractivity contribution in [2.24, 2.45) is 5.92 Å². The summed E-state index contributed by atoms with van der Waals surface area (Å²) in [5.74, 6) is 2.68. The summed E-state index contributed by atoms with van der Waals surface area (Å²) in [6.45, 7) is 2.13. The van der Waals surface area contributed by atoms with E-state index < -0.39 is 0 Å². The van der Waals surface area contributed by atoms with Crippen molar-refractivity contribution in [2.75, 3.05) is 7.11 Å². The van der Waals surface area contributed by atoms with Crippen molar-refractivity contribution >= 4 is 5.78 Å². The Hall–Kier alpha value is -1.51. The number of benzene rings is 1. The zero-order valence-electron chi connectivity index (χ0n) is 12.1. The van der Waals surface area contributed by atoms with Gasteiger partial charge in [-0.3, -0.25) is 4.79 Å². The van der Waals surface area contributed by atoms with Crippen molar-refractivity contribution in [3.63, 3.8) is 0 Å². The van der Waals surface area contributed by atoms with Gasteiger partial charge in [-0.25, -0.2) is 0 Å². The Morgan fingerprint density at radius 2 is 2.10 bits per heavy atom. The van der Waals surface area contributed by atoms with Crippen LogP contribution < -0.4 is 9.47 Å². The molecule has 2 aliphatic carbocycles. The Balaban J connectivity index is 1.97. The van der Waals surface area contributed by atoms with Crippen LogP contribution in [-0.2, 0) is 16.6 Å². The van der Waals surface area contributed by atoms with Gasteiger partial charge in [0.15, 0.2) is 11.5 Å². The smallest absolute Gasteiger partial charge is 0.165 e. The highest BCUT2D eigenvalue weighted by Crippen LogP contribution is 2.60. The molecule has 106 valence electrons. The Morgan fingerprint density at radius 3 is 2.90 bits per heavy atom. The summed E-state index contributed by atoms with van der Waals surface area (Å²) in [5, 5.41) is 0. The van der Waals surface area contributed by atoms with Crippen LogP contribution in [0.4, 0.5) is 0 Å². The van der Waals surface area contributed by atoms with Crippen LogP contribution >= 0.6 is 0 Å². The van der Waals surface area contributed by atoms with Gasteiger partial charge in [-0.05, 0) is 43.7 Å². The number of hydrogen-bond donors (Lipinski definition) is 0. The second kappa shape index (κ2) is 4.00. The van der Waals surface area contributed by atoms with E-state index in [9.17, 15) is 4.79 Å². The first-order chi connectivity index (χ1) is 9.66. The van der Waals surface area contributed by atoms with E-state index in [-0.39, 0.29) is 11.5 Å². The molecule has 1 aliphatic heterocycles. The van der Waals surface area contributed by atoms with Crippen LogP contribution in [-0.4, -0.2) is 19.0 Å². The van der Waals surface area contributed by atoms with E-state index in [0.717, 1.165) is 30.8 Å². The van der Waals surface area contributed by atoms with Crippen molar-refractivity contribution in [3.05, 3.63) is 23.3 Å². The molecule has 3 nitrogen and oxygen atoms in total. The number of Topliss-reactive ketones (excluding diaryl/α,β-unsaturated/α-hetero) is 1. The highest BCUT2D eigenvalue weighted by Gasteiger charge is 2.57. The van der Waals surface area contributed by atoms with Gasteiger partial charge in [0.2, 0.25) is 0 Å². The molecule has 3 atom stereocenters. The minimum Gasteiger partial charge on any atom is -0.493 e. The predicted octanol–water partition coefficient (Wildman–Crippen LogP) is 3.03. The van der Waals surface area contributed by atoms with Crippen molar-refractivity contribution in [2.45, 2.75) is 50.5 Å². The second-order valence-electron chi connectivity index (χ2n) is 6.42. The fraction of sp³-hybridized carbons (Fsp3) is 0.588. The Morgan fingerprint density at radius 1 is 1.30 bits per heavy atom. The molecule has 0 N–H and O–H groups in total. The van der Waals surface area contributed by atoms with E-state index in [2.05, 4.69) is 13.0 Å². The van der Waals surface area contributed by atoms with Gasteiger partial charge < -0.3 is 9.47 Å². The molecule has 20 heavy (non-hydrogen) atoms. The van der Waals surface area contributed by atoms with E-state index >= 15 is 0 Å². The average molecular weight is 272 g/mol. The van der Waals surface area contributed by atoms with Gasteiger partial charge in [0.25, 0.3) is 0 Å². The molecular formula is C17H20O3. The van der Waals surface area contributed by atoms with E-state index in [0.29, 0.717) is 18.1 Å². The summed E-state index contributed by atoms with van der Waals surface area (Å²) >= 11 is 0. The fourth-order valence-electron chi connectivity index (χ4n) is 4.74. The molecule has 1 heterocycles. The molecule has 0 radical (unpaired) electrons. The molecule has 3 heteroatoms. The number of rotatable bonds is 1. The maximum Gasteiger partial charge on any atom is 0.165 e. The van der Waals surface area contributed by atoms with Crippen LogP contribution in [0.1, 0.15) is 43.7 Å². The molecule has 0 saturated heterocycles. The topological polar surface area (TPSA) is 35.5 Å². The van der Waals surface area contributed by atoms with Crippen LogP contribution in [0.2, 0.25) is 0 Å². The maximum atomic E-state index is 12.1. The SMILES string of the molecule is COc1ccc2c3c1O[C@H](C)[C@]31CC(=O)CC[C@@H]1CC2. The Labute approximate surface area is 119 Å². The predicted molar refractivity (Wildman–Crippen MR) is 75.4 cm³/mol. The van der Waals surface area contributed by atoms with Crippen molar-refractivity contribution < 1.29 is 14.3 Å². The molecule has 4 rings (SSSR count). The minimum absolute atomic E-state index is 0.0714. The lowest BCUT2D eigenvalue weighted by Crippen LogP contribution is -2.49. The lowest BCUT2D eigenvalue weighted by molar-refractivity contribution is -0.125. The molecule has 0 unspecified atom stereocenters. The Kier molecular flexibility index (Phi) is 2.45. The van der Waals surface area contributed by atoms with Gasteiger partial charge in [0.1, 0.15) is 11.9 Å². The lowest BCUT2D eigenvalue weighted by atomic mass is 9.55. The first kappa shape index (κ1) is 12.2. The van der Waals surface area contributed by atoms with Gasteiger partial charge >= 0.3 is 0 Å². The summed E-state index contributed by atoms with van der Waals surface area (Å²) in [4.78, 5) is 12.1. The normalized spacial score (nSPS) is 34.2. The number of carbonyl (C=O) groups is 1. The average Bonchev–Trinajstić information content (AvgIpc) is 2.74. The standard InChI is InChI=1S/C17H20O3/c1-10-17-9-13(18)7-6-12(17)5-3-11-4-8-14(19-2)16(20-10)15(11)17/h4,8,10,12H,3,5-7,9H2,1-2H3/t10-,12+,17+/m1/s1. The molecule has 0 amide bonds. The molecule has 1 saturated carbocycles. The van der Waals surface area contributed by atoms with E-state index in [1.165, 1.54) is 17.5 Å². The number of ketones is 1. The highest BCUT2D eigenvalue weighted by atomic mass is 16.5. The summed E-state index contributed by atoms with van der Waals surface area (Å²) in [7, 11) is 1.68. The van der Waals surface area contributed by atoms with Gasteiger partial charge in [-0.1, -0.05) is 6.07 Å². The number of ether oxygens (including phenoxy) is 2. The summed E-state index contributed by atoms with van der Waals surface area (Å²) < 4.78 is 11.7. The monoisotopic (exact) mass is 272 g/mol. The molecule has 1 aromatic carbocycles. The minimum atomic E-state index is -0.0905. The molecule has 0 aromatic heterocycles. The number of aryl methyl sites for hydroxylation is 1. The van der Waals surface area contributed by atoms with Crippen LogP contribution in [0.15, 0.2) is 12.1 Å².